The lowest BCUT2D eigenvalue weighted by Gasteiger charge is -2.16. The maximum Gasteiger partial charge on any atom is 0.0208 e. The zero-order chi connectivity index (χ0) is 12.7. The molecule has 0 aromatic heterocycles. The molecule has 0 heterocycles. The number of hydrogen-bond donors (Lipinski definition) is 1. The van der Waals surface area contributed by atoms with E-state index in [0.717, 1.165) is 12.5 Å². The lowest BCUT2D eigenvalue weighted by atomic mass is 10.0. The number of benzene rings is 1. The molecule has 1 aromatic carbocycles. The molecule has 2 rings (SSSR count). The van der Waals surface area contributed by atoms with Crippen LogP contribution in [0.25, 0.3) is 0 Å². The van der Waals surface area contributed by atoms with Gasteiger partial charge in [0.25, 0.3) is 0 Å². The molecule has 1 aliphatic carbocycles. The summed E-state index contributed by atoms with van der Waals surface area (Å²) in [5.41, 5.74) is 2.31. The van der Waals surface area contributed by atoms with Crippen molar-refractivity contribution >= 4 is 0 Å². The highest BCUT2D eigenvalue weighted by Gasteiger charge is 2.66. The molecule has 1 saturated carbocycles. The molecule has 17 heavy (non-hydrogen) atoms. The van der Waals surface area contributed by atoms with Crippen molar-refractivity contribution in [2.45, 2.75) is 47.2 Å². The van der Waals surface area contributed by atoms with Crippen molar-refractivity contribution in [2.24, 2.45) is 16.7 Å². The highest BCUT2D eigenvalue weighted by atomic mass is 15.0. The third kappa shape index (κ3) is 2.13. The second-order valence-electron chi connectivity index (χ2n) is 6.58. The summed E-state index contributed by atoms with van der Waals surface area (Å²) >= 11 is 0. The third-order valence-corrected chi connectivity index (χ3v) is 5.10. The average molecular weight is 231 g/mol. The van der Waals surface area contributed by atoms with E-state index in [0.29, 0.717) is 16.9 Å². The summed E-state index contributed by atoms with van der Waals surface area (Å²) < 4.78 is 0. The Hall–Kier alpha value is -0.820. The standard InChI is InChI=1S/C16H25N/c1-12(14-15(2,3)16(14,4)5)17-11-13-9-7-6-8-10-13/h6-10,12,14,17H,11H2,1-5H3. The van der Waals surface area contributed by atoms with E-state index in [1.807, 2.05) is 0 Å². The first-order valence-corrected chi connectivity index (χ1v) is 6.64. The van der Waals surface area contributed by atoms with Gasteiger partial charge in [0.05, 0.1) is 0 Å². The molecule has 1 fully saturated rings. The van der Waals surface area contributed by atoms with Crippen molar-refractivity contribution in [2.75, 3.05) is 0 Å². The van der Waals surface area contributed by atoms with Crippen LogP contribution in [0.4, 0.5) is 0 Å². The van der Waals surface area contributed by atoms with Gasteiger partial charge in [-0.1, -0.05) is 58.0 Å². The summed E-state index contributed by atoms with van der Waals surface area (Å²) in [6.45, 7) is 12.8. The Bertz CT molecular complexity index is 364. The first-order chi connectivity index (χ1) is 7.87. The van der Waals surface area contributed by atoms with Crippen LogP contribution in [0.2, 0.25) is 0 Å². The normalized spacial score (nSPS) is 23.4. The maximum atomic E-state index is 3.67. The number of hydrogen-bond acceptors (Lipinski definition) is 1. The first-order valence-electron chi connectivity index (χ1n) is 6.64. The fourth-order valence-electron chi connectivity index (χ4n) is 3.49. The lowest BCUT2D eigenvalue weighted by molar-refractivity contribution is 0.423. The molecule has 1 aliphatic rings. The molecule has 0 spiro atoms. The van der Waals surface area contributed by atoms with Crippen LogP contribution >= 0.6 is 0 Å². The molecule has 0 amide bonds. The third-order valence-electron chi connectivity index (χ3n) is 5.10. The molecule has 1 N–H and O–H groups in total. The highest BCUT2D eigenvalue weighted by molar-refractivity contribution is 5.17. The van der Waals surface area contributed by atoms with Crippen molar-refractivity contribution in [1.82, 2.24) is 5.32 Å². The molecule has 1 heteroatoms. The van der Waals surface area contributed by atoms with Crippen molar-refractivity contribution < 1.29 is 0 Å². The summed E-state index contributed by atoms with van der Waals surface area (Å²) in [6.07, 6.45) is 0. The molecule has 1 unspecified atom stereocenters. The Morgan fingerprint density at radius 3 is 2.06 bits per heavy atom. The van der Waals surface area contributed by atoms with Crippen LogP contribution < -0.4 is 5.32 Å². The van der Waals surface area contributed by atoms with Crippen molar-refractivity contribution in [3.8, 4) is 0 Å². The highest BCUT2D eigenvalue weighted by Crippen LogP contribution is 2.69. The van der Waals surface area contributed by atoms with E-state index in [-0.39, 0.29) is 0 Å². The Labute approximate surface area is 106 Å². The van der Waals surface area contributed by atoms with Crippen LogP contribution in [0, 0.1) is 16.7 Å². The van der Waals surface area contributed by atoms with Gasteiger partial charge in [-0.2, -0.15) is 0 Å². The van der Waals surface area contributed by atoms with Crippen LogP contribution in [0.3, 0.4) is 0 Å². The summed E-state index contributed by atoms with van der Waals surface area (Å²) in [5, 5.41) is 3.67. The molecule has 0 saturated heterocycles. The minimum atomic E-state index is 0.468. The molecular formula is C16H25N. The van der Waals surface area contributed by atoms with E-state index in [1.54, 1.807) is 0 Å². The molecular weight excluding hydrogens is 206 g/mol. The van der Waals surface area contributed by atoms with Gasteiger partial charge in [-0.05, 0) is 29.2 Å². The quantitative estimate of drug-likeness (QED) is 0.830. The van der Waals surface area contributed by atoms with Gasteiger partial charge in [0, 0.05) is 12.6 Å². The second-order valence-corrected chi connectivity index (χ2v) is 6.58. The van der Waals surface area contributed by atoms with Gasteiger partial charge in [-0.3, -0.25) is 0 Å². The Kier molecular flexibility index (Phi) is 3.07. The van der Waals surface area contributed by atoms with Crippen molar-refractivity contribution in [3.63, 3.8) is 0 Å². The molecule has 1 atom stereocenters. The van der Waals surface area contributed by atoms with Gasteiger partial charge in [0.1, 0.15) is 0 Å². The minimum absolute atomic E-state index is 0.468. The molecule has 1 aromatic rings. The van der Waals surface area contributed by atoms with E-state index in [2.05, 4.69) is 70.3 Å². The SMILES string of the molecule is CC(NCc1ccccc1)C1C(C)(C)C1(C)C. The van der Waals surface area contributed by atoms with Crippen LogP contribution in [0.5, 0.6) is 0 Å². The van der Waals surface area contributed by atoms with E-state index >= 15 is 0 Å². The van der Waals surface area contributed by atoms with Gasteiger partial charge < -0.3 is 5.32 Å². The summed E-state index contributed by atoms with van der Waals surface area (Å²) in [5.74, 6) is 0.777. The monoisotopic (exact) mass is 231 g/mol. The Morgan fingerprint density at radius 2 is 1.59 bits per heavy atom. The van der Waals surface area contributed by atoms with Crippen LogP contribution in [0.15, 0.2) is 30.3 Å². The molecule has 94 valence electrons. The lowest BCUT2D eigenvalue weighted by Crippen LogP contribution is -2.29. The van der Waals surface area contributed by atoms with Crippen molar-refractivity contribution in [1.29, 1.82) is 0 Å². The molecule has 1 nitrogen and oxygen atoms in total. The Morgan fingerprint density at radius 1 is 1.06 bits per heavy atom. The fourth-order valence-corrected chi connectivity index (χ4v) is 3.49. The van der Waals surface area contributed by atoms with E-state index in [9.17, 15) is 0 Å². The number of nitrogens with one attached hydrogen (secondary N) is 1. The second kappa shape index (κ2) is 4.13. The van der Waals surface area contributed by atoms with E-state index in [4.69, 9.17) is 0 Å². The maximum absolute atomic E-state index is 3.67. The van der Waals surface area contributed by atoms with Gasteiger partial charge in [-0.25, -0.2) is 0 Å². The van der Waals surface area contributed by atoms with Gasteiger partial charge in [0.2, 0.25) is 0 Å². The summed E-state index contributed by atoms with van der Waals surface area (Å²) in [6, 6.07) is 11.2. The largest absolute Gasteiger partial charge is 0.310 e. The first kappa shape index (κ1) is 12.6. The summed E-state index contributed by atoms with van der Waals surface area (Å²) in [4.78, 5) is 0. The summed E-state index contributed by atoms with van der Waals surface area (Å²) in [7, 11) is 0. The molecule has 0 aliphatic heterocycles. The van der Waals surface area contributed by atoms with Crippen LogP contribution in [0.1, 0.15) is 40.2 Å². The van der Waals surface area contributed by atoms with Gasteiger partial charge in [-0.15, -0.1) is 0 Å². The predicted octanol–water partition coefficient (Wildman–Crippen LogP) is 3.85. The minimum Gasteiger partial charge on any atom is -0.310 e. The van der Waals surface area contributed by atoms with Gasteiger partial charge >= 0.3 is 0 Å². The van der Waals surface area contributed by atoms with Crippen LogP contribution in [-0.2, 0) is 6.54 Å². The fraction of sp³-hybridized carbons (Fsp3) is 0.625. The van der Waals surface area contributed by atoms with E-state index in [1.165, 1.54) is 5.56 Å². The zero-order valence-corrected chi connectivity index (χ0v) is 11.7. The smallest absolute Gasteiger partial charge is 0.0208 e. The van der Waals surface area contributed by atoms with Crippen molar-refractivity contribution in [3.05, 3.63) is 35.9 Å². The molecule has 0 bridgehead atoms. The molecule has 0 radical (unpaired) electrons. The van der Waals surface area contributed by atoms with Crippen LogP contribution in [-0.4, -0.2) is 6.04 Å². The number of rotatable bonds is 4. The topological polar surface area (TPSA) is 12.0 Å². The predicted molar refractivity (Wildman–Crippen MR) is 73.8 cm³/mol. The van der Waals surface area contributed by atoms with Gasteiger partial charge in [0.15, 0.2) is 0 Å². The van der Waals surface area contributed by atoms with E-state index < -0.39 is 0 Å². The average Bonchev–Trinajstić information content (AvgIpc) is 2.68. The Balaban J connectivity index is 1.90. The zero-order valence-electron chi connectivity index (χ0n) is 11.7.